The van der Waals surface area contributed by atoms with E-state index in [4.69, 9.17) is 0 Å². The Morgan fingerprint density at radius 3 is 2.73 bits per heavy atom. The zero-order chi connectivity index (χ0) is 22.7. The van der Waals surface area contributed by atoms with Crippen molar-refractivity contribution >= 4 is 21.9 Å². The Balaban J connectivity index is 1.58. The number of nitrogens with zero attached hydrogens (tertiary/aromatic N) is 5. The Bertz CT molecular complexity index is 1560. The topological polar surface area (TPSA) is 90.6 Å². The van der Waals surface area contributed by atoms with Crippen molar-refractivity contribution < 1.29 is 13.5 Å². The number of aromatic nitrogens is 6. The molecule has 5 aromatic rings. The lowest BCUT2D eigenvalue weighted by molar-refractivity contribution is -0.0500. The fourth-order valence-corrected chi connectivity index (χ4v) is 4.20. The van der Waals surface area contributed by atoms with E-state index in [1.165, 1.54) is 22.9 Å². The summed E-state index contributed by atoms with van der Waals surface area (Å²) in [5.74, 6) is 0.532. The van der Waals surface area contributed by atoms with Crippen LogP contribution in [0, 0.1) is 0 Å². The van der Waals surface area contributed by atoms with E-state index < -0.39 is 6.61 Å². The first-order valence-corrected chi connectivity index (χ1v) is 10.5. The summed E-state index contributed by atoms with van der Waals surface area (Å²) in [5.41, 5.74) is 3.91. The first-order valence-electron chi connectivity index (χ1n) is 10.5. The van der Waals surface area contributed by atoms with Gasteiger partial charge in [0.25, 0.3) is 5.56 Å². The molecule has 0 aliphatic heterocycles. The molecule has 0 bridgehead atoms. The smallest absolute Gasteiger partial charge is 0.387 e. The van der Waals surface area contributed by atoms with Gasteiger partial charge in [-0.15, -0.1) is 0 Å². The van der Waals surface area contributed by atoms with Crippen molar-refractivity contribution in [1.82, 2.24) is 29.5 Å². The van der Waals surface area contributed by atoms with Gasteiger partial charge in [0.15, 0.2) is 0 Å². The third-order valence-electron chi connectivity index (χ3n) is 5.82. The quantitative estimate of drug-likeness (QED) is 0.436. The number of hydrogen-bond donors (Lipinski definition) is 1. The second kappa shape index (κ2) is 7.22. The number of aromatic amines is 1. The molecule has 1 aliphatic carbocycles. The molecular formula is C23H18F2N6O2. The Hall–Kier alpha value is -4.08. The van der Waals surface area contributed by atoms with Crippen LogP contribution in [-0.4, -0.2) is 36.1 Å². The van der Waals surface area contributed by atoms with Crippen LogP contribution in [0.2, 0.25) is 0 Å². The molecule has 0 unspecified atom stereocenters. The van der Waals surface area contributed by atoms with Gasteiger partial charge < -0.3 is 4.74 Å². The summed E-state index contributed by atoms with van der Waals surface area (Å²) >= 11 is 0. The Labute approximate surface area is 185 Å². The SMILES string of the molecule is Cn1cc2cc(-c3cc4n[nH]c(C5CC5)c4n(-c4ccc(OC(F)F)cn4)c3=O)ccc2n1. The maximum Gasteiger partial charge on any atom is 0.387 e. The maximum absolute atomic E-state index is 13.8. The van der Waals surface area contributed by atoms with Gasteiger partial charge in [0.2, 0.25) is 0 Å². The Morgan fingerprint density at radius 2 is 2.00 bits per heavy atom. The van der Waals surface area contributed by atoms with Crippen LogP contribution >= 0.6 is 0 Å². The van der Waals surface area contributed by atoms with Crippen molar-refractivity contribution in [3.05, 3.63) is 64.8 Å². The van der Waals surface area contributed by atoms with E-state index in [0.29, 0.717) is 28.3 Å². The number of hydrogen-bond acceptors (Lipinski definition) is 5. The van der Waals surface area contributed by atoms with Crippen molar-refractivity contribution in [2.24, 2.45) is 7.05 Å². The highest BCUT2D eigenvalue weighted by Gasteiger charge is 2.30. The number of H-pyrrole nitrogens is 1. The summed E-state index contributed by atoms with van der Waals surface area (Å²) in [5, 5.41) is 12.8. The molecule has 1 N–H and O–H groups in total. The van der Waals surface area contributed by atoms with Crippen LogP contribution in [0.4, 0.5) is 8.78 Å². The third kappa shape index (κ3) is 3.34. The second-order valence-electron chi connectivity index (χ2n) is 8.15. The average Bonchev–Trinajstić information content (AvgIpc) is 3.43. The molecular weight excluding hydrogens is 430 g/mol. The van der Waals surface area contributed by atoms with Gasteiger partial charge in [0.05, 0.1) is 22.9 Å². The van der Waals surface area contributed by atoms with E-state index in [1.54, 1.807) is 10.7 Å². The molecule has 10 heteroatoms. The molecule has 0 amide bonds. The highest BCUT2D eigenvalue weighted by Crippen LogP contribution is 2.42. The molecule has 0 saturated heterocycles. The van der Waals surface area contributed by atoms with Crippen LogP contribution in [0.3, 0.4) is 0 Å². The fourth-order valence-electron chi connectivity index (χ4n) is 4.20. The number of alkyl halides is 2. The summed E-state index contributed by atoms with van der Waals surface area (Å²) in [6.45, 7) is -2.95. The van der Waals surface area contributed by atoms with Crippen molar-refractivity contribution in [3.8, 4) is 22.7 Å². The van der Waals surface area contributed by atoms with Crippen LogP contribution < -0.4 is 10.3 Å². The monoisotopic (exact) mass is 448 g/mol. The summed E-state index contributed by atoms with van der Waals surface area (Å²) in [4.78, 5) is 18.0. The standard InChI is InChI=1S/C23H18F2N6O2/c1-30-11-14-8-13(4-6-17(14)29-30)16-9-18-21(20(28-27-18)12-2-3-12)31(22(16)32)19-7-5-15(10-26-19)33-23(24)25/h4-12,23H,2-3H2,1H3,(H,27,28). The van der Waals surface area contributed by atoms with Crippen LogP contribution in [-0.2, 0) is 7.05 Å². The van der Waals surface area contributed by atoms with Gasteiger partial charge in [0.1, 0.15) is 17.1 Å². The van der Waals surface area contributed by atoms with E-state index in [1.807, 2.05) is 31.4 Å². The van der Waals surface area contributed by atoms with Gasteiger partial charge in [-0.05, 0) is 48.7 Å². The second-order valence-corrected chi connectivity index (χ2v) is 8.15. The summed E-state index contributed by atoms with van der Waals surface area (Å²) < 4.78 is 32.7. The zero-order valence-corrected chi connectivity index (χ0v) is 17.5. The molecule has 8 nitrogen and oxygen atoms in total. The summed E-state index contributed by atoms with van der Waals surface area (Å²) in [7, 11) is 1.84. The van der Waals surface area contributed by atoms with Gasteiger partial charge >= 0.3 is 6.61 Å². The molecule has 166 valence electrons. The minimum absolute atomic E-state index is 0.0779. The lowest BCUT2D eigenvalue weighted by Crippen LogP contribution is -2.22. The van der Waals surface area contributed by atoms with Gasteiger partial charge in [-0.3, -0.25) is 19.1 Å². The van der Waals surface area contributed by atoms with E-state index in [2.05, 4.69) is 25.0 Å². The van der Waals surface area contributed by atoms with Gasteiger partial charge in [-0.1, -0.05) is 6.07 Å². The van der Waals surface area contributed by atoms with Crippen molar-refractivity contribution in [1.29, 1.82) is 0 Å². The number of fused-ring (bicyclic) bond motifs is 2. The molecule has 33 heavy (non-hydrogen) atoms. The molecule has 0 spiro atoms. The number of nitrogens with one attached hydrogen (secondary N) is 1. The number of rotatable bonds is 5. The molecule has 0 radical (unpaired) electrons. The average molecular weight is 448 g/mol. The minimum Gasteiger partial charge on any atom is -0.433 e. The minimum atomic E-state index is -2.95. The Kier molecular flexibility index (Phi) is 4.29. The lowest BCUT2D eigenvalue weighted by Gasteiger charge is -2.12. The fraction of sp³-hybridized carbons (Fsp3) is 0.217. The Morgan fingerprint density at radius 1 is 1.15 bits per heavy atom. The van der Waals surface area contributed by atoms with Crippen molar-refractivity contribution in [2.45, 2.75) is 25.4 Å². The first kappa shape index (κ1) is 19.6. The molecule has 1 aromatic carbocycles. The lowest BCUT2D eigenvalue weighted by atomic mass is 10.0. The highest BCUT2D eigenvalue weighted by atomic mass is 19.3. The van der Waals surface area contributed by atoms with E-state index in [0.717, 1.165) is 35.0 Å². The number of aryl methyl sites for hydroxylation is 1. The van der Waals surface area contributed by atoms with Crippen LogP contribution in [0.25, 0.3) is 38.9 Å². The normalized spacial score (nSPS) is 13.9. The molecule has 6 rings (SSSR count). The predicted octanol–water partition coefficient (Wildman–Crippen LogP) is 4.14. The van der Waals surface area contributed by atoms with Gasteiger partial charge in [-0.25, -0.2) is 4.98 Å². The molecule has 4 aromatic heterocycles. The number of benzene rings is 1. The van der Waals surface area contributed by atoms with Crippen LogP contribution in [0.5, 0.6) is 5.75 Å². The molecule has 4 heterocycles. The number of ether oxygens (including phenoxy) is 1. The summed E-state index contributed by atoms with van der Waals surface area (Å²) in [6, 6.07) is 10.3. The van der Waals surface area contributed by atoms with Crippen molar-refractivity contribution in [3.63, 3.8) is 0 Å². The highest BCUT2D eigenvalue weighted by molar-refractivity contribution is 5.88. The molecule has 1 fully saturated rings. The largest absolute Gasteiger partial charge is 0.433 e. The van der Waals surface area contributed by atoms with Crippen LogP contribution in [0.15, 0.2) is 53.6 Å². The molecule has 1 saturated carbocycles. The maximum atomic E-state index is 13.8. The van der Waals surface area contributed by atoms with Crippen molar-refractivity contribution in [2.75, 3.05) is 0 Å². The summed E-state index contributed by atoms with van der Waals surface area (Å²) in [6.07, 6.45) is 5.10. The van der Waals surface area contributed by atoms with Gasteiger partial charge in [-0.2, -0.15) is 19.0 Å². The van der Waals surface area contributed by atoms with E-state index in [9.17, 15) is 13.6 Å². The van der Waals surface area contributed by atoms with E-state index in [-0.39, 0.29) is 11.3 Å². The number of pyridine rings is 2. The number of halogens is 2. The first-order chi connectivity index (χ1) is 16.0. The third-order valence-corrected chi connectivity index (χ3v) is 5.82. The van der Waals surface area contributed by atoms with E-state index >= 15 is 0 Å². The predicted molar refractivity (Wildman–Crippen MR) is 118 cm³/mol. The van der Waals surface area contributed by atoms with Crippen LogP contribution in [0.1, 0.15) is 24.5 Å². The molecule has 0 atom stereocenters. The molecule has 1 aliphatic rings. The zero-order valence-electron chi connectivity index (χ0n) is 17.5. The van der Waals surface area contributed by atoms with Gasteiger partial charge in [0, 0.05) is 30.1 Å².